The molecule has 4 heteroatoms. The molecule has 0 aliphatic rings. The molecule has 0 aliphatic heterocycles. The Labute approximate surface area is 107 Å². The minimum Gasteiger partial charge on any atom is -0.497 e. The van der Waals surface area contributed by atoms with Gasteiger partial charge in [-0.1, -0.05) is 12.1 Å². The highest BCUT2D eigenvalue weighted by atomic mass is 16.5. The summed E-state index contributed by atoms with van der Waals surface area (Å²) in [6, 6.07) is 9.95. The number of nitrogens with zero attached hydrogens (tertiary/aromatic N) is 1. The molecule has 0 spiro atoms. The second-order valence-corrected chi connectivity index (χ2v) is 3.99. The van der Waals surface area contributed by atoms with E-state index in [9.17, 15) is 0 Å². The number of anilines is 2. The summed E-state index contributed by atoms with van der Waals surface area (Å²) in [7, 11) is 1.67. The predicted molar refractivity (Wildman–Crippen MR) is 73.8 cm³/mol. The van der Waals surface area contributed by atoms with Crippen LogP contribution >= 0.6 is 0 Å². The molecule has 0 saturated heterocycles. The molecule has 0 radical (unpaired) electrons. The first-order valence-electron chi connectivity index (χ1n) is 5.86. The van der Waals surface area contributed by atoms with Gasteiger partial charge in [0.2, 0.25) is 0 Å². The third kappa shape index (κ3) is 3.13. The lowest BCUT2D eigenvalue weighted by Crippen LogP contribution is -2.06. The van der Waals surface area contributed by atoms with Gasteiger partial charge in [0.1, 0.15) is 5.75 Å². The van der Waals surface area contributed by atoms with Crippen LogP contribution in [-0.2, 0) is 6.42 Å². The molecule has 0 unspecified atom stereocenters. The summed E-state index contributed by atoms with van der Waals surface area (Å²) in [5, 5.41) is 3.29. The lowest BCUT2D eigenvalue weighted by molar-refractivity contribution is 0.414. The van der Waals surface area contributed by atoms with Crippen molar-refractivity contribution in [1.82, 2.24) is 4.98 Å². The Morgan fingerprint density at radius 3 is 2.67 bits per heavy atom. The van der Waals surface area contributed by atoms with Gasteiger partial charge in [0.25, 0.3) is 0 Å². The standard InChI is InChI=1S/C14H17N3O/c1-18-12-4-2-11(3-5-12)6-9-17-14-7-8-16-10-13(14)15/h2-5,7-8,10H,6,9,15H2,1H3,(H,16,17). The van der Waals surface area contributed by atoms with E-state index in [1.54, 1.807) is 19.5 Å². The van der Waals surface area contributed by atoms with Crippen LogP contribution in [0.4, 0.5) is 11.4 Å². The van der Waals surface area contributed by atoms with Gasteiger partial charge < -0.3 is 15.8 Å². The molecule has 0 fully saturated rings. The summed E-state index contributed by atoms with van der Waals surface area (Å²) in [5.41, 5.74) is 8.66. The van der Waals surface area contributed by atoms with Crippen LogP contribution in [0.1, 0.15) is 5.56 Å². The number of nitrogens with two attached hydrogens (primary N) is 1. The Morgan fingerprint density at radius 2 is 2.00 bits per heavy atom. The molecule has 1 aromatic heterocycles. The zero-order valence-electron chi connectivity index (χ0n) is 10.4. The van der Waals surface area contributed by atoms with Crippen LogP contribution in [0.5, 0.6) is 5.75 Å². The highest BCUT2D eigenvalue weighted by Gasteiger charge is 1.98. The number of methoxy groups -OCH3 is 1. The van der Waals surface area contributed by atoms with Gasteiger partial charge in [-0.2, -0.15) is 0 Å². The molecule has 1 aromatic carbocycles. The predicted octanol–water partition coefficient (Wildman–Crippen LogP) is 2.33. The van der Waals surface area contributed by atoms with Crippen molar-refractivity contribution in [3.63, 3.8) is 0 Å². The Bertz CT molecular complexity index is 497. The number of hydrogen-bond donors (Lipinski definition) is 2. The largest absolute Gasteiger partial charge is 0.497 e. The first kappa shape index (κ1) is 12.2. The molecule has 94 valence electrons. The van der Waals surface area contributed by atoms with Gasteiger partial charge in [-0.05, 0) is 30.2 Å². The molecule has 3 N–H and O–H groups in total. The van der Waals surface area contributed by atoms with Crippen LogP contribution in [-0.4, -0.2) is 18.6 Å². The monoisotopic (exact) mass is 243 g/mol. The third-order valence-corrected chi connectivity index (χ3v) is 2.74. The molecule has 18 heavy (non-hydrogen) atoms. The maximum atomic E-state index is 5.80. The topological polar surface area (TPSA) is 60.2 Å². The molecular weight excluding hydrogens is 226 g/mol. The molecular formula is C14H17N3O. The molecule has 0 atom stereocenters. The number of aromatic nitrogens is 1. The zero-order valence-corrected chi connectivity index (χ0v) is 10.4. The fraction of sp³-hybridized carbons (Fsp3) is 0.214. The van der Waals surface area contributed by atoms with Gasteiger partial charge in [-0.3, -0.25) is 4.98 Å². The number of benzene rings is 1. The van der Waals surface area contributed by atoms with Gasteiger partial charge in [0, 0.05) is 12.7 Å². The van der Waals surface area contributed by atoms with Crippen molar-refractivity contribution in [1.29, 1.82) is 0 Å². The summed E-state index contributed by atoms with van der Waals surface area (Å²) in [6.45, 7) is 0.834. The summed E-state index contributed by atoms with van der Waals surface area (Å²) in [5.74, 6) is 0.880. The van der Waals surface area contributed by atoms with Gasteiger partial charge in [-0.25, -0.2) is 0 Å². The molecule has 1 heterocycles. The van der Waals surface area contributed by atoms with Gasteiger partial charge >= 0.3 is 0 Å². The molecule has 0 saturated carbocycles. The van der Waals surface area contributed by atoms with Gasteiger partial charge in [0.15, 0.2) is 0 Å². The van der Waals surface area contributed by atoms with Crippen molar-refractivity contribution in [3.8, 4) is 5.75 Å². The molecule has 0 bridgehead atoms. The normalized spacial score (nSPS) is 10.1. The summed E-state index contributed by atoms with van der Waals surface area (Å²) < 4.78 is 5.12. The summed E-state index contributed by atoms with van der Waals surface area (Å²) in [4.78, 5) is 3.95. The first-order valence-corrected chi connectivity index (χ1v) is 5.86. The highest BCUT2D eigenvalue weighted by Crippen LogP contribution is 2.16. The quantitative estimate of drug-likeness (QED) is 0.846. The number of ether oxygens (including phenoxy) is 1. The fourth-order valence-corrected chi connectivity index (χ4v) is 1.70. The van der Waals surface area contributed by atoms with Crippen molar-refractivity contribution >= 4 is 11.4 Å². The van der Waals surface area contributed by atoms with E-state index in [4.69, 9.17) is 10.5 Å². The second-order valence-electron chi connectivity index (χ2n) is 3.99. The van der Waals surface area contributed by atoms with E-state index in [0.717, 1.165) is 24.4 Å². The van der Waals surface area contributed by atoms with Crippen LogP contribution in [0.3, 0.4) is 0 Å². The van der Waals surface area contributed by atoms with E-state index in [0.29, 0.717) is 5.69 Å². The Balaban J connectivity index is 1.86. The van der Waals surface area contributed by atoms with E-state index in [1.165, 1.54) is 5.56 Å². The average molecular weight is 243 g/mol. The zero-order chi connectivity index (χ0) is 12.8. The highest BCUT2D eigenvalue weighted by molar-refractivity contribution is 5.64. The van der Waals surface area contributed by atoms with Crippen molar-refractivity contribution in [2.45, 2.75) is 6.42 Å². The molecule has 4 nitrogen and oxygen atoms in total. The Morgan fingerprint density at radius 1 is 1.22 bits per heavy atom. The number of rotatable bonds is 5. The van der Waals surface area contributed by atoms with E-state index < -0.39 is 0 Å². The molecule has 2 rings (SSSR count). The van der Waals surface area contributed by atoms with Crippen molar-refractivity contribution in [3.05, 3.63) is 48.3 Å². The van der Waals surface area contributed by atoms with Crippen molar-refractivity contribution in [2.24, 2.45) is 0 Å². The SMILES string of the molecule is COc1ccc(CCNc2ccncc2N)cc1. The minimum atomic E-state index is 0.673. The lowest BCUT2D eigenvalue weighted by atomic mass is 10.1. The van der Waals surface area contributed by atoms with E-state index in [1.807, 2.05) is 18.2 Å². The lowest BCUT2D eigenvalue weighted by Gasteiger charge is -2.08. The number of nitrogen functional groups attached to an aromatic ring is 1. The molecule has 0 aliphatic carbocycles. The fourth-order valence-electron chi connectivity index (χ4n) is 1.70. The number of nitrogens with one attached hydrogen (secondary N) is 1. The second kappa shape index (κ2) is 5.91. The van der Waals surface area contributed by atoms with E-state index in [-0.39, 0.29) is 0 Å². The van der Waals surface area contributed by atoms with Crippen LogP contribution in [0, 0.1) is 0 Å². The van der Waals surface area contributed by atoms with Crippen LogP contribution in [0.25, 0.3) is 0 Å². The third-order valence-electron chi connectivity index (χ3n) is 2.74. The summed E-state index contributed by atoms with van der Waals surface area (Å²) >= 11 is 0. The summed E-state index contributed by atoms with van der Waals surface area (Å²) in [6.07, 6.45) is 4.31. The van der Waals surface area contributed by atoms with Gasteiger partial charge in [-0.15, -0.1) is 0 Å². The average Bonchev–Trinajstić information content (AvgIpc) is 2.42. The van der Waals surface area contributed by atoms with Crippen molar-refractivity contribution < 1.29 is 4.74 Å². The Hall–Kier alpha value is -2.23. The number of hydrogen-bond acceptors (Lipinski definition) is 4. The first-order chi connectivity index (χ1) is 8.79. The maximum absolute atomic E-state index is 5.80. The van der Waals surface area contributed by atoms with E-state index in [2.05, 4.69) is 22.4 Å². The smallest absolute Gasteiger partial charge is 0.118 e. The van der Waals surface area contributed by atoms with Crippen LogP contribution < -0.4 is 15.8 Å². The van der Waals surface area contributed by atoms with Crippen molar-refractivity contribution in [2.75, 3.05) is 24.7 Å². The maximum Gasteiger partial charge on any atom is 0.118 e. The minimum absolute atomic E-state index is 0.673. The van der Waals surface area contributed by atoms with Crippen LogP contribution in [0.2, 0.25) is 0 Å². The van der Waals surface area contributed by atoms with Crippen LogP contribution in [0.15, 0.2) is 42.7 Å². The molecule has 2 aromatic rings. The number of pyridine rings is 1. The van der Waals surface area contributed by atoms with E-state index >= 15 is 0 Å². The Kier molecular flexibility index (Phi) is 4.02. The van der Waals surface area contributed by atoms with Gasteiger partial charge in [0.05, 0.1) is 24.7 Å². The molecule has 0 amide bonds.